The van der Waals surface area contributed by atoms with Crippen LogP contribution in [0.2, 0.25) is 5.02 Å². The number of pyridine rings is 2. The van der Waals surface area contributed by atoms with Gasteiger partial charge in [0.15, 0.2) is 6.39 Å². The van der Waals surface area contributed by atoms with E-state index >= 15 is 0 Å². The van der Waals surface area contributed by atoms with E-state index in [1.807, 2.05) is 6.92 Å². The second-order valence-corrected chi connectivity index (χ2v) is 8.70. The smallest absolute Gasteiger partial charge is 0.255 e. The van der Waals surface area contributed by atoms with E-state index in [9.17, 15) is 9.59 Å². The summed E-state index contributed by atoms with van der Waals surface area (Å²) in [6.45, 7) is 2.84. The van der Waals surface area contributed by atoms with Crippen molar-refractivity contribution < 1.29 is 18.7 Å². The average molecular weight is 468 g/mol. The third-order valence-electron chi connectivity index (χ3n) is 5.88. The van der Waals surface area contributed by atoms with E-state index in [2.05, 4.69) is 20.3 Å². The summed E-state index contributed by atoms with van der Waals surface area (Å²) in [6, 6.07) is 3.16. The highest BCUT2D eigenvalue weighted by Gasteiger charge is 2.34. The van der Waals surface area contributed by atoms with Crippen LogP contribution in [0, 0.1) is 5.92 Å². The fourth-order valence-corrected chi connectivity index (χ4v) is 4.00. The molecule has 3 aromatic rings. The molecule has 0 spiro atoms. The number of aromatic nitrogens is 3. The molecule has 3 aromatic heterocycles. The molecule has 0 bridgehead atoms. The normalized spacial score (nSPS) is 15.9. The van der Waals surface area contributed by atoms with Crippen LogP contribution in [-0.4, -0.2) is 38.3 Å². The van der Waals surface area contributed by atoms with Gasteiger partial charge in [0.25, 0.3) is 5.91 Å². The highest BCUT2D eigenvalue weighted by molar-refractivity contribution is 6.31. The molecular weight excluding hydrogens is 446 g/mol. The molecule has 0 aromatic carbocycles. The maximum absolute atomic E-state index is 13.1. The van der Waals surface area contributed by atoms with Gasteiger partial charge in [-0.1, -0.05) is 11.6 Å². The monoisotopic (exact) mass is 467 g/mol. The van der Waals surface area contributed by atoms with Crippen LogP contribution in [0.1, 0.15) is 53.1 Å². The SMILES string of the molecule is CC(c1cnc(OCC2CC2)c(Cl)c1)N1Cc2c(ccnc2NC(=O)Cc2cnco2)C1=O. The van der Waals surface area contributed by atoms with E-state index in [1.165, 1.54) is 31.6 Å². The molecule has 1 fully saturated rings. The summed E-state index contributed by atoms with van der Waals surface area (Å²) in [6.07, 6.45) is 8.34. The summed E-state index contributed by atoms with van der Waals surface area (Å²) in [5.74, 6) is 1.37. The Morgan fingerprint density at radius 1 is 1.36 bits per heavy atom. The van der Waals surface area contributed by atoms with Gasteiger partial charge >= 0.3 is 0 Å². The van der Waals surface area contributed by atoms with Crippen molar-refractivity contribution in [2.75, 3.05) is 11.9 Å². The Morgan fingerprint density at radius 3 is 2.94 bits per heavy atom. The van der Waals surface area contributed by atoms with Crippen LogP contribution in [0.4, 0.5) is 5.82 Å². The van der Waals surface area contributed by atoms with Crippen molar-refractivity contribution in [3.8, 4) is 5.88 Å². The van der Waals surface area contributed by atoms with Gasteiger partial charge in [-0.2, -0.15) is 0 Å². The molecule has 1 aliphatic carbocycles. The maximum atomic E-state index is 13.1. The minimum Gasteiger partial charge on any atom is -0.476 e. The second kappa shape index (κ2) is 8.82. The van der Waals surface area contributed by atoms with Gasteiger partial charge in [-0.05, 0) is 43.4 Å². The lowest BCUT2D eigenvalue weighted by molar-refractivity contribution is -0.115. The fraction of sp³-hybridized carbons (Fsp3) is 0.348. The van der Waals surface area contributed by atoms with Crippen molar-refractivity contribution in [1.29, 1.82) is 0 Å². The fourth-order valence-electron chi connectivity index (χ4n) is 3.77. The minimum absolute atomic E-state index is 0.0265. The molecule has 2 amide bonds. The Morgan fingerprint density at radius 2 is 2.21 bits per heavy atom. The summed E-state index contributed by atoms with van der Waals surface area (Å²) >= 11 is 6.39. The zero-order chi connectivity index (χ0) is 22.9. The number of carbonyl (C=O) groups is 2. The highest BCUT2D eigenvalue weighted by Crippen LogP contribution is 2.36. The molecule has 170 valence electrons. The first kappa shape index (κ1) is 21.4. The molecule has 1 atom stereocenters. The minimum atomic E-state index is -0.302. The van der Waals surface area contributed by atoms with Crippen LogP contribution >= 0.6 is 11.6 Å². The molecule has 2 aliphatic rings. The lowest BCUT2D eigenvalue weighted by atomic mass is 10.1. The van der Waals surface area contributed by atoms with Crippen molar-refractivity contribution in [2.24, 2.45) is 5.92 Å². The number of hydrogen-bond donors (Lipinski definition) is 1. The zero-order valence-corrected chi connectivity index (χ0v) is 18.7. The first-order valence-corrected chi connectivity index (χ1v) is 11.1. The summed E-state index contributed by atoms with van der Waals surface area (Å²) in [5, 5.41) is 3.20. The Labute approximate surface area is 195 Å². The number of oxazole rings is 1. The number of amides is 2. The Kier molecular flexibility index (Phi) is 5.72. The number of hydrogen-bond acceptors (Lipinski definition) is 7. The van der Waals surface area contributed by atoms with Crippen LogP contribution in [0.15, 0.2) is 41.5 Å². The molecule has 1 N–H and O–H groups in total. The molecule has 9 nitrogen and oxygen atoms in total. The molecule has 5 rings (SSSR count). The predicted octanol–water partition coefficient (Wildman–Crippen LogP) is 3.81. The van der Waals surface area contributed by atoms with Gasteiger partial charge < -0.3 is 19.4 Å². The molecule has 1 saturated carbocycles. The number of halogens is 1. The van der Waals surface area contributed by atoms with Crippen molar-refractivity contribution >= 4 is 29.2 Å². The van der Waals surface area contributed by atoms with Gasteiger partial charge in [-0.15, -0.1) is 0 Å². The number of ether oxygens (including phenoxy) is 1. The van der Waals surface area contributed by atoms with Crippen molar-refractivity contribution in [2.45, 2.75) is 38.8 Å². The van der Waals surface area contributed by atoms with Gasteiger partial charge in [0, 0.05) is 23.5 Å². The molecule has 0 radical (unpaired) electrons. The molecular formula is C23H22ClN5O4. The quantitative estimate of drug-likeness (QED) is 0.536. The topological polar surface area (TPSA) is 110 Å². The summed E-state index contributed by atoms with van der Waals surface area (Å²) in [4.78, 5) is 39.7. The first-order valence-electron chi connectivity index (χ1n) is 10.7. The molecule has 0 saturated heterocycles. The van der Waals surface area contributed by atoms with Crippen LogP contribution < -0.4 is 10.1 Å². The van der Waals surface area contributed by atoms with Gasteiger partial charge in [0.05, 0.1) is 31.8 Å². The van der Waals surface area contributed by atoms with E-state index in [4.69, 9.17) is 20.8 Å². The van der Waals surface area contributed by atoms with Crippen molar-refractivity contribution in [3.05, 3.63) is 64.6 Å². The van der Waals surface area contributed by atoms with Crippen LogP contribution in [0.3, 0.4) is 0 Å². The maximum Gasteiger partial charge on any atom is 0.255 e. The Hall–Kier alpha value is -3.46. The largest absolute Gasteiger partial charge is 0.476 e. The Bertz CT molecular complexity index is 1200. The van der Waals surface area contributed by atoms with E-state index in [0.717, 1.165) is 5.56 Å². The van der Waals surface area contributed by atoms with Crippen molar-refractivity contribution in [1.82, 2.24) is 19.9 Å². The Balaban J connectivity index is 1.30. The second-order valence-electron chi connectivity index (χ2n) is 8.30. The molecule has 1 unspecified atom stereocenters. The summed E-state index contributed by atoms with van der Waals surface area (Å²) < 4.78 is 10.8. The number of nitrogens with one attached hydrogen (secondary N) is 1. The average Bonchev–Trinajstić information content (AvgIpc) is 3.38. The summed E-state index contributed by atoms with van der Waals surface area (Å²) in [5.41, 5.74) is 1.97. The number of carbonyl (C=O) groups excluding carboxylic acids is 2. The van der Waals surface area contributed by atoms with E-state index in [0.29, 0.717) is 52.7 Å². The number of fused-ring (bicyclic) bond motifs is 1. The molecule has 4 heterocycles. The lowest BCUT2D eigenvalue weighted by Gasteiger charge is -2.25. The first-order chi connectivity index (χ1) is 16.0. The summed E-state index contributed by atoms with van der Waals surface area (Å²) in [7, 11) is 0. The zero-order valence-electron chi connectivity index (χ0n) is 18.0. The third kappa shape index (κ3) is 4.54. The van der Waals surface area contributed by atoms with Gasteiger partial charge in [-0.25, -0.2) is 15.0 Å². The molecule has 33 heavy (non-hydrogen) atoms. The number of anilines is 1. The van der Waals surface area contributed by atoms with Crippen LogP contribution in [-0.2, 0) is 17.8 Å². The third-order valence-corrected chi connectivity index (χ3v) is 6.15. The highest BCUT2D eigenvalue weighted by atomic mass is 35.5. The van der Waals surface area contributed by atoms with Crippen LogP contribution in [0.5, 0.6) is 5.88 Å². The standard InChI is InChI=1S/C23H22ClN5O4/c1-13(15-6-19(24)22(27-8-15)32-11-14-2-3-14)29-10-18-17(23(29)31)4-5-26-21(18)28-20(30)7-16-9-25-12-33-16/h4-6,8-9,12-14H,2-3,7,10-11H2,1H3,(H,26,28,30). The van der Waals surface area contributed by atoms with Gasteiger partial charge in [-0.3, -0.25) is 9.59 Å². The van der Waals surface area contributed by atoms with E-state index in [-0.39, 0.29) is 24.3 Å². The van der Waals surface area contributed by atoms with E-state index in [1.54, 1.807) is 23.2 Å². The number of nitrogens with zero attached hydrogens (tertiary/aromatic N) is 4. The van der Waals surface area contributed by atoms with Crippen LogP contribution in [0.25, 0.3) is 0 Å². The van der Waals surface area contributed by atoms with Gasteiger partial charge in [0.2, 0.25) is 11.8 Å². The predicted molar refractivity (Wildman–Crippen MR) is 119 cm³/mol. The van der Waals surface area contributed by atoms with Crippen molar-refractivity contribution in [3.63, 3.8) is 0 Å². The van der Waals surface area contributed by atoms with E-state index < -0.39 is 0 Å². The van der Waals surface area contributed by atoms with Gasteiger partial charge in [0.1, 0.15) is 16.6 Å². The number of rotatable bonds is 8. The molecule has 1 aliphatic heterocycles. The lowest BCUT2D eigenvalue weighted by Crippen LogP contribution is -2.27. The molecule has 10 heteroatoms.